The number of fused-ring (bicyclic) bond motifs is 1. The molecule has 0 aliphatic rings. The number of rotatable bonds is 4. The second kappa shape index (κ2) is 4.63. The van der Waals surface area contributed by atoms with Gasteiger partial charge in [0.2, 0.25) is 0 Å². The van der Waals surface area contributed by atoms with Crippen LogP contribution in [0.15, 0.2) is 0 Å². The van der Waals surface area contributed by atoms with Gasteiger partial charge in [0.25, 0.3) is 0 Å². The molecule has 2 heterocycles. The number of thioether (sulfide) groups is 1. The van der Waals surface area contributed by atoms with Crippen molar-refractivity contribution in [3.63, 3.8) is 0 Å². The van der Waals surface area contributed by atoms with Crippen molar-refractivity contribution in [3.05, 3.63) is 10.5 Å². The van der Waals surface area contributed by atoms with Crippen LogP contribution in [0.5, 0.6) is 0 Å². The smallest absolute Gasteiger partial charge is 0.179 e. The third kappa shape index (κ3) is 1.80. The van der Waals surface area contributed by atoms with Gasteiger partial charge in [0.15, 0.2) is 10.4 Å². The zero-order valence-electron chi connectivity index (χ0n) is 9.78. The average molecular weight is 256 g/mol. The van der Waals surface area contributed by atoms with E-state index >= 15 is 0 Å². The van der Waals surface area contributed by atoms with Gasteiger partial charge in [-0.05, 0) is 24.9 Å². The summed E-state index contributed by atoms with van der Waals surface area (Å²) in [5.74, 6) is 1.06. The summed E-state index contributed by atoms with van der Waals surface area (Å²) in [7, 11) is 1.97. The van der Waals surface area contributed by atoms with Crippen molar-refractivity contribution in [1.29, 1.82) is 0 Å². The molecular formula is C10H16N4S2. The molecule has 0 aliphatic carbocycles. The Balaban J connectivity index is 2.59. The summed E-state index contributed by atoms with van der Waals surface area (Å²) in [5, 5.41) is 4.49. The summed E-state index contributed by atoms with van der Waals surface area (Å²) in [6.45, 7) is 3.04. The van der Waals surface area contributed by atoms with Gasteiger partial charge in [-0.25, -0.2) is 0 Å². The van der Waals surface area contributed by atoms with Gasteiger partial charge in [-0.2, -0.15) is 16.9 Å². The van der Waals surface area contributed by atoms with Crippen LogP contribution in [0.25, 0.3) is 11.2 Å². The van der Waals surface area contributed by atoms with Crippen molar-refractivity contribution >= 4 is 35.1 Å². The largest absolute Gasteiger partial charge is 0.328 e. The van der Waals surface area contributed by atoms with Gasteiger partial charge in [0.1, 0.15) is 5.52 Å². The number of H-pyrrole nitrogens is 1. The minimum atomic E-state index is 0.798. The van der Waals surface area contributed by atoms with Gasteiger partial charge in [0.05, 0.1) is 5.69 Å². The molecule has 2 aromatic rings. The number of nitrogens with one attached hydrogen (secondary N) is 1. The van der Waals surface area contributed by atoms with Crippen molar-refractivity contribution in [1.82, 2.24) is 19.3 Å². The van der Waals surface area contributed by atoms with E-state index in [1.54, 1.807) is 0 Å². The lowest BCUT2D eigenvalue weighted by Crippen LogP contribution is -2.04. The molecule has 0 saturated heterocycles. The molecule has 0 saturated carbocycles. The number of hydrogen-bond donors (Lipinski definition) is 1. The third-order valence-corrected chi connectivity index (χ3v) is 3.59. The van der Waals surface area contributed by atoms with Crippen LogP contribution >= 0.6 is 24.0 Å². The molecule has 2 aromatic heterocycles. The standard InChI is InChI=1S/C10H16N4S2/c1-4-7-8-9(13(2)12-7)14(5-6-16-3)10(15)11-8/h4-6H2,1-3H3,(H,11,15). The van der Waals surface area contributed by atoms with E-state index in [1.807, 2.05) is 23.5 Å². The zero-order chi connectivity index (χ0) is 11.7. The van der Waals surface area contributed by atoms with Gasteiger partial charge in [0, 0.05) is 19.3 Å². The van der Waals surface area contributed by atoms with E-state index in [9.17, 15) is 0 Å². The molecule has 0 unspecified atom stereocenters. The van der Waals surface area contributed by atoms with Crippen LogP contribution in [0.1, 0.15) is 12.6 Å². The topological polar surface area (TPSA) is 38.5 Å². The van der Waals surface area contributed by atoms with Gasteiger partial charge in [-0.3, -0.25) is 4.68 Å². The number of nitrogens with zero attached hydrogens (tertiary/aromatic N) is 3. The molecule has 0 aromatic carbocycles. The predicted molar refractivity (Wildman–Crippen MR) is 71.6 cm³/mol. The molecule has 1 N–H and O–H groups in total. The third-order valence-electron chi connectivity index (χ3n) is 2.68. The molecule has 0 spiro atoms. The molecule has 6 heteroatoms. The number of imidazole rings is 1. The molecule has 0 amide bonds. The van der Waals surface area contributed by atoms with Gasteiger partial charge in [-0.15, -0.1) is 0 Å². The van der Waals surface area contributed by atoms with E-state index in [-0.39, 0.29) is 0 Å². The highest BCUT2D eigenvalue weighted by atomic mass is 32.2. The van der Waals surface area contributed by atoms with Crippen molar-refractivity contribution in [2.75, 3.05) is 12.0 Å². The maximum atomic E-state index is 5.34. The Morgan fingerprint density at radius 2 is 2.25 bits per heavy atom. The quantitative estimate of drug-likeness (QED) is 0.854. The van der Waals surface area contributed by atoms with Crippen LogP contribution in [0.3, 0.4) is 0 Å². The molecule has 16 heavy (non-hydrogen) atoms. The van der Waals surface area contributed by atoms with Crippen molar-refractivity contribution in [2.45, 2.75) is 19.9 Å². The normalized spacial score (nSPS) is 11.4. The summed E-state index contributed by atoms with van der Waals surface area (Å²) in [6, 6.07) is 0. The van der Waals surface area contributed by atoms with Gasteiger partial charge < -0.3 is 9.55 Å². The van der Waals surface area contributed by atoms with E-state index in [1.165, 1.54) is 0 Å². The predicted octanol–water partition coefficient (Wildman–Crippen LogP) is 2.36. The average Bonchev–Trinajstić information content (AvgIpc) is 2.74. The van der Waals surface area contributed by atoms with E-state index in [0.29, 0.717) is 0 Å². The summed E-state index contributed by atoms with van der Waals surface area (Å²) < 4.78 is 4.85. The Morgan fingerprint density at radius 3 is 2.88 bits per heavy atom. The fourth-order valence-electron chi connectivity index (χ4n) is 1.92. The van der Waals surface area contributed by atoms with Crippen LogP contribution in [0.4, 0.5) is 0 Å². The lowest BCUT2D eigenvalue weighted by Gasteiger charge is -2.02. The molecule has 0 radical (unpaired) electrons. The SMILES string of the molecule is CCc1nn(C)c2c1[nH]c(=S)n2CCSC. The van der Waals surface area contributed by atoms with Crippen LogP contribution in [0.2, 0.25) is 0 Å². The van der Waals surface area contributed by atoms with Crippen LogP contribution in [-0.4, -0.2) is 31.3 Å². The fraction of sp³-hybridized carbons (Fsp3) is 0.600. The van der Waals surface area contributed by atoms with Crippen molar-refractivity contribution < 1.29 is 0 Å². The monoisotopic (exact) mass is 256 g/mol. The van der Waals surface area contributed by atoms with Crippen LogP contribution < -0.4 is 0 Å². The van der Waals surface area contributed by atoms with E-state index in [0.717, 1.165) is 40.3 Å². The second-order valence-corrected chi connectivity index (χ2v) is 5.07. The van der Waals surface area contributed by atoms with Crippen molar-refractivity contribution in [3.8, 4) is 0 Å². The Morgan fingerprint density at radius 1 is 1.50 bits per heavy atom. The van der Waals surface area contributed by atoms with Gasteiger partial charge >= 0.3 is 0 Å². The first kappa shape index (κ1) is 11.7. The molecule has 0 atom stereocenters. The number of aromatic nitrogens is 4. The summed E-state index contributed by atoms with van der Waals surface area (Å²) in [6.07, 6.45) is 3.03. The lowest BCUT2D eigenvalue weighted by atomic mass is 10.3. The maximum Gasteiger partial charge on any atom is 0.179 e. The summed E-state index contributed by atoms with van der Waals surface area (Å²) >= 11 is 7.17. The van der Waals surface area contributed by atoms with E-state index in [2.05, 4.69) is 27.8 Å². The Bertz CT molecular complexity index is 549. The molecule has 2 rings (SSSR count). The number of aryl methyl sites for hydroxylation is 3. The molecule has 0 aliphatic heterocycles. The minimum absolute atomic E-state index is 0.798. The Hall–Kier alpha value is -0.750. The fourth-order valence-corrected chi connectivity index (χ4v) is 2.56. The molecule has 4 nitrogen and oxygen atoms in total. The van der Waals surface area contributed by atoms with Gasteiger partial charge in [-0.1, -0.05) is 6.92 Å². The summed E-state index contributed by atoms with van der Waals surface area (Å²) in [5.41, 5.74) is 3.29. The maximum absolute atomic E-state index is 5.34. The van der Waals surface area contributed by atoms with E-state index in [4.69, 9.17) is 12.2 Å². The first-order chi connectivity index (χ1) is 7.69. The Labute approximate surface area is 104 Å². The van der Waals surface area contributed by atoms with Crippen molar-refractivity contribution in [2.24, 2.45) is 7.05 Å². The first-order valence-electron chi connectivity index (χ1n) is 5.32. The highest BCUT2D eigenvalue weighted by Gasteiger charge is 2.13. The highest BCUT2D eigenvalue weighted by molar-refractivity contribution is 7.98. The lowest BCUT2D eigenvalue weighted by molar-refractivity contribution is 0.699. The minimum Gasteiger partial charge on any atom is -0.328 e. The molecule has 0 bridgehead atoms. The summed E-state index contributed by atoms with van der Waals surface area (Å²) in [4.78, 5) is 3.26. The molecule has 0 fully saturated rings. The van der Waals surface area contributed by atoms with E-state index < -0.39 is 0 Å². The van der Waals surface area contributed by atoms with Crippen LogP contribution in [-0.2, 0) is 20.0 Å². The molecular weight excluding hydrogens is 240 g/mol. The van der Waals surface area contributed by atoms with Crippen LogP contribution in [0, 0.1) is 4.77 Å². The highest BCUT2D eigenvalue weighted by Crippen LogP contribution is 2.18. The zero-order valence-corrected chi connectivity index (χ0v) is 11.4. The molecule has 88 valence electrons. The number of aromatic amines is 1. The first-order valence-corrected chi connectivity index (χ1v) is 7.12. The Kier molecular flexibility index (Phi) is 3.39. The second-order valence-electron chi connectivity index (χ2n) is 3.70. The number of hydrogen-bond acceptors (Lipinski definition) is 3.